The molecule has 0 aliphatic carbocycles. The molecule has 0 atom stereocenters. The first-order valence-corrected chi connectivity index (χ1v) is 7.88. The van der Waals surface area contributed by atoms with Gasteiger partial charge in [-0.2, -0.15) is 0 Å². The van der Waals surface area contributed by atoms with Crippen molar-refractivity contribution < 1.29 is 0 Å². The average Bonchev–Trinajstić information content (AvgIpc) is 2.93. The lowest BCUT2D eigenvalue weighted by Crippen LogP contribution is -1.99. The zero-order chi connectivity index (χ0) is 16.5. The van der Waals surface area contributed by atoms with E-state index in [0.29, 0.717) is 11.0 Å². The van der Waals surface area contributed by atoms with Gasteiger partial charge >= 0.3 is 0 Å². The molecule has 6 heteroatoms. The fourth-order valence-electron chi connectivity index (χ4n) is 2.64. The van der Waals surface area contributed by atoms with E-state index in [0.717, 1.165) is 28.4 Å². The molecule has 4 rings (SSSR count). The summed E-state index contributed by atoms with van der Waals surface area (Å²) >= 11 is 5.91. The summed E-state index contributed by atoms with van der Waals surface area (Å²) in [7, 11) is 0. The maximum atomic E-state index is 5.91. The van der Waals surface area contributed by atoms with Crippen LogP contribution in [0, 0.1) is 6.92 Å². The molecule has 0 radical (unpaired) electrons. The maximum Gasteiger partial charge on any atom is 0.227 e. The summed E-state index contributed by atoms with van der Waals surface area (Å²) < 4.78 is 2.03. The van der Waals surface area contributed by atoms with Gasteiger partial charge in [-0.05, 0) is 49.4 Å². The number of pyridine rings is 1. The SMILES string of the molecule is Cc1nc2ccccn2c1-c1ccnc(Nc2ccc(Cl)cc2)n1. The Morgan fingerprint density at radius 1 is 1.00 bits per heavy atom. The van der Waals surface area contributed by atoms with Crippen LogP contribution in [0.1, 0.15) is 5.69 Å². The Kier molecular flexibility index (Phi) is 3.63. The molecular formula is C18H14ClN5. The number of imidazole rings is 1. The van der Waals surface area contributed by atoms with Crippen molar-refractivity contribution >= 4 is 28.9 Å². The van der Waals surface area contributed by atoms with Crippen molar-refractivity contribution in [3.63, 3.8) is 0 Å². The molecule has 0 unspecified atom stereocenters. The molecule has 4 aromatic rings. The summed E-state index contributed by atoms with van der Waals surface area (Å²) in [5.41, 5.74) is 4.49. The number of fused-ring (bicyclic) bond motifs is 1. The highest BCUT2D eigenvalue weighted by Crippen LogP contribution is 2.24. The Hall–Kier alpha value is -2.92. The first-order chi connectivity index (χ1) is 11.7. The molecule has 0 saturated heterocycles. The fraction of sp³-hybridized carbons (Fsp3) is 0.0556. The molecule has 0 aliphatic rings. The van der Waals surface area contributed by atoms with Gasteiger partial charge in [0, 0.05) is 23.1 Å². The highest BCUT2D eigenvalue weighted by Gasteiger charge is 2.12. The fourth-order valence-corrected chi connectivity index (χ4v) is 2.76. The first kappa shape index (κ1) is 14.7. The first-order valence-electron chi connectivity index (χ1n) is 7.50. The topological polar surface area (TPSA) is 55.1 Å². The standard InChI is InChI=1S/C18H14ClN5/c1-12-17(24-11-3-2-4-16(24)21-12)15-9-10-20-18(23-15)22-14-7-5-13(19)6-8-14/h2-11H,1H3,(H,20,22,23). The lowest BCUT2D eigenvalue weighted by atomic mass is 10.2. The number of hydrogen-bond acceptors (Lipinski definition) is 4. The number of rotatable bonds is 3. The quantitative estimate of drug-likeness (QED) is 0.599. The summed E-state index contributed by atoms with van der Waals surface area (Å²) in [6, 6.07) is 15.2. The molecule has 3 heterocycles. The van der Waals surface area contributed by atoms with Crippen LogP contribution in [0.4, 0.5) is 11.6 Å². The summed E-state index contributed by atoms with van der Waals surface area (Å²) in [5, 5.41) is 3.88. The number of halogens is 1. The van der Waals surface area contributed by atoms with Crippen LogP contribution < -0.4 is 5.32 Å². The van der Waals surface area contributed by atoms with Crippen molar-refractivity contribution in [1.29, 1.82) is 0 Å². The van der Waals surface area contributed by atoms with Gasteiger partial charge in [-0.3, -0.25) is 4.40 Å². The van der Waals surface area contributed by atoms with Crippen molar-refractivity contribution in [2.45, 2.75) is 6.92 Å². The van der Waals surface area contributed by atoms with Gasteiger partial charge < -0.3 is 5.32 Å². The molecule has 1 aromatic carbocycles. The van der Waals surface area contributed by atoms with E-state index in [2.05, 4.69) is 20.3 Å². The van der Waals surface area contributed by atoms with Crippen molar-refractivity contribution in [3.8, 4) is 11.4 Å². The van der Waals surface area contributed by atoms with E-state index in [1.54, 1.807) is 6.20 Å². The molecule has 0 amide bonds. The molecule has 5 nitrogen and oxygen atoms in total. The maximum absolute atomic E-state index is 5.91. The van der Waals surface area contributed by atoms with Gasteiger partial charge in [0.2, 0.25) is 5.95 Å². The summed E-state index contributed by atoms with van der Waals surface area (Å²) in [5.74, 6) is 0.528. The van der Waals surface area contributed by atoms with Crippen molar-refractivity contribution in [2.75, 3.05) is 5.32 Å². The minimum Gasteiger partial charge on any atom is -0.324 e. The molecule has 0 bridgehead atoms. The minimum absolute atomic E-state index is 0.528. The molecule has 0 spiro atoms. The lowest BCUT2D eigenvalue weighted by molar-refractivity contribution is 1.12. The van der Waals surface area contributed by atoms with Crippen molar-refractivity contribution in [3.05, 3.63) is 71.6 Å². The van der Waals surface area contributed by atoms with E-state index >= 15 is 0 Å². The second-order valence-corrected chi connectivity index (χ2v) is 5.81. The van der Waals surface area contributed by atoms with Gasteiger partial charge in [-0.1, -0.05) is 17.7 Å². The van der Waals surface area contributed by atoms with Crippen LogP contribution in [0.25, 0.3) is 17.0 Å². The summed E-state index contributed by atoms with van der Waals surface area (Å²) in [6.45, 7) is 1.98. The Morgan fingerprint density at radius 2 is 1.83 bits per heavy atom. The van der Waals surface area contributed by atoms with E-state index in [4.69, 9.17) is 11.6 Å². The number of nitrogens with one attached hydrogen (secondary N) is 1. The Bertz CT molecular complexity index is 1010. The minimum atomic E-state index is 0.528. The number of hydrogen-bond donors (Lipinski definition) is 1. The van der Waals surface area contributed by atoms with Crippen LogP contribution in [0.2, 0.25) is 5.02 Å². The molecule has 1 N–H and O–H groups in total. The summed E-state index contributed by atoms with van der Waals surface area (Å²) in [4.78, 5) is 13.5. The van der Waals surface area contributed by atoms with Crippen LogP contribution in [-0.2, 0) is 0 Å². The number of nitrogens with zero attached hydrogens (tertiary/aromatic N) is 4. The molecule has 0 aliphatic heterocycles. The number of anilines is 2. The Labute approximate surface area is 144 Å². The highest BCUT2D eigenvalue weighted by molar-refractivity contribution is 6.30. The van der Waals surface area contributed by atoms with Crippen molar-refractivity contribution in [2.24, 2.45) is 0 Å². The highest BCUT2D eigenvalue weighted by atomic mass is 35.5. The van der Waals surface area contributed by atoms with Gasteiger partial charge in [0.15, 0.2) is 0 Å². The van der Waals surface area contributed by atoms with Crippen molar-refractivity contribution in [1.82, 2.24) is 19.4 Å². The second-order valence-electron chi connectivity index (χ2n) is 5.37. The van der Waals surface area contributed by atoms with Gasteiger partial charge in [-0.25, -0.2) is 15.0 Å². The molecule has 0 fully saturated rings. The number of benzene rings is 1. The zero-order valence-electron chi connectivity index (χ0n) is 12.9. The number of aryl methyl sites for hydroxylation is 1. The smallest absolute Gasteiger partial charge is 0.227 e. The molecule has 24 heavy (non-hydrogen) atoms. The third-order valence-electron chi connectivity index (χ3n) is 3.70. The number of aromatic nitrogens is 4. The average molecular weight is 336 g/mol. The predicted octanol–water partition coefficient (Wildman–Crippen LogP) is 4.50. The predicted molar refractivity (Wildman–Crippen MR) is 95.7 cm³/mol. The molecule has 3 aromatic heterocycles. The molecule has 0 saturated carbocycles. The lowest BCUT2D eigenvalue weighted by Gasteiger charge is -2.07. The van der Waals surface area contributed by atoms with Crippen LogP contribution in [-0.4, -0.2) is 19.4 Å². The van der Waals surface area contributed by atoms with Crippen LogP contribution >= 0.6 is 11.6 Å². The van der Waals surface area contributed by atoms with Gasteiger partial charge in [0.05, 0.1) is 17.1 Å². The normalized spacial score (nSPS) is 10.9. The van der Waals surface area contributed by atoms with Crippen LogP contribution in [0.3, 0.4) is 0 Å². The third kappa shape index (κ3) is 2.70. The van der Waals surface area contributed by atoms with E-state index in [1.165, 1.54) is 0 Å². The Morgan fingerprint density at radius 3 is 2.67 bits per heavy atom. The monoisotopic (exact) mass is 335 g/mol. The van der Waals surface area contributed by atoms with E-state index in [-0.39, 0.29) is 0 Å². The van der Waals surface area contributed by atoms with Gasteiger partial charge in [0.25, 0.3) is 0 Å². The van der Waals surface area contributed by atoms with E-state index < -0.39 is 0 Å². The zero-order valence-corrected chi connectivity index (χ0v) is 13.7. The van der Waals surface area contributed by atoms with Gasteiger partial charge in [-0.15, -0.1) is 0 Å². The second kappa shape index (κ2) is 5.94. The van der Waals surface area contributed by atoms with E-state index in [9.17, 15) is 0 Å². The van der Waals surface area contributed by atoms with E-state index in [1.807, 2.05) is 66.1 Å². The van der Waals surface area contributed by atoms with Gasteiger partial charge in [0.1, 0.15) is 5.65 Å². The molecule has 118 valence electrons. The Balaban J connectivity index is 1.74. The summed E-state index contributed by atoms with van der Waals surface area (Å²) in [6.07, 6.45) is 3.72. The largest absolute Gasteiger partial charge is 0.324 e. The van der Waals surface area contributed by atoms with Crippen LogP contribution in [0.15, 0.2) is 60.9 Å². The van der Waals surface area contributed by atoms with Crippen LogP contribution in [0.5, 0.6) is 0 Å². The third-order valence-corrected chi connectivity index (χ3v) is 3.95. The molecular weight excluding hydrogens is 322 g/mol.